The van der Waals surface area contributed by atoms with E-state index in [0.717, 1.165) is 28.6 Å². The SMILES string of the molecule is CC(C)(C)[Si](OC[C@@H]1CCCC(=O)N1Cc1cc(C(F)(F)F)ccc1F)(c1ccccc1)c1ccccc1. The van der Waals surface area contributed by atoms with Crippen LogP contribution in [0.1, 0.15) is 51.2 Å². The Hall–Kier alpha value is -2.97. The third-order valence-corrected chi connectivity index (χ3v) is 12.3. The fourth-order valence-corrected chi connectivity index (χ4v) is 10.0. The molecule has 0 unspecified atom stereocenters. The number of piperidine rings is 1. The zero-order chi connectivity index (χ0) is 27.6. The van der Waals surface area contributed by atoms with Crippen LogP contribution in [0, 0.1) is 5.82 Å². The fourth-order valence-electron chi connectivity index (χ4n) is 5.42. The summed E-state index contributed by atoms with van der Waals surface area (Å²) >= 11 is 0. The first kappa shape index (κ1) is 28.0. The standard InChI is InChI=1S/C30H33F4NO2Si/c1-29(2,3)38(25-12-6-4-7-13-25,26-14-8-5-9-15-26)37-21-24-11-10-16-28(36)35(24)20-22-19-23(30(32,33)34)17-18-27(22)31/h4-9,12-15,17-19,24H,10-11,16,20-21H2,1-3H3/t24-/m0/s1. The molecule has 0 spiro atoms. The van der Waals surface area contributed by atoms with Crippen molar-refractivity contribution in [2.24, 2.45) is 0 Å². The van der Waals surface area contributed by atoms with Gasteiger partial charge in [0.2, 0.25) is 5.91 Å². The van der Waals surface area contributed by atoms with E-state index in [-0.39, 0.29) is 42.1 Å². The van der Waals surface area contributed by atoms with Gasteiger partial charge in [0.25, 0.3) is 8.32 Å². The number of hydrogen-bond donors (Lipinski definition) is 0. The Labute approximate surface area is 222 Å². The molecule has 8 heteroatoms. The molecule has 0 aromatic heterocycles. The summed E-state index contributed by atoms with van der Waals surface area (Å²) in [6.45, 7) is 6.44. The van der Waals surface area contributed by atoms with Gasteiger partial charge in [0, 0.05) is 18.5 Å². The van der Waals surface area contributed by atoms with Gasteiger partial charge in [-0.15, -0.1) is 0 Å². The van der Waals surface area contributed by atoms with E-state index in [0.29, 0.717) is 12.8 Å². The quantitative estimate of drug-likeness (QED) is 0.259. The lowest BCUT2D eigenvalue weighted by Gasteiger charge is -2.45. The maximum absolute atomic E-state index is 14.6. The topological polar surface area (TPSA) is 29.5 Å². The molecule has 1 atom stereocenters. The summed E-state index contributed by atoms with van der Waals surface area (Å²) in [5, 5.41) is 1.92. The fraction of sp³-hybridized carbons (Fsp3) is 0.367. The van der Waals surface area contributed by atoms with E-state index >= 15 is 0 Å². The zero-order valence-electron chi connectivity index (χ0n) is 21.9. The average molecular weight is 544 g/mol. The summed E-state index contributed by atoms with van der Waals surface area (Å²) < 4.78 is 61.5. The van der Waals surface area contributed by atoms with Crippen LogP contribution >= 0.6 is 0 Å². The predicted molar refractivity (Wildman–Crippen MR) is 143 cm³/mol. The van der Waals surface area contributed by atoms with Gasteiger partial charge in [-0.05, 0) is 46.5 Å². The minimum absolute atomic E-state index is 0.148. The van der Waals surface area contributed by atoms with Crippen LogP contribution in [0.2, 0.25) is 5.04 Å². The highest BCUT2D eigenvalue weighted by Gasteiger charge is 2.50. The van der Waals surface area contributed by atoms with E-state index in [4.69, 9.17) is 4.43 Å². The highest BCUT2D eigenvalue weighted by atomic mass is 28.4. The molecule has 1 heterocycles. The minimum atomic E-state index is -4.60. The van der Waals surface area contributed by atoms with E-state index in [1.165, 1.54) is 4.90 Å². The maximum Gasteiger partial charge on any atom is 0.416 e. The summed E-state index contributed by atoms with van der Waals surface area (Å²) in [5.41, 5.74) is -1.08. The number of benzene rings is 3. The van der Waals surface area contributed by atoms with Crippen LogP contribution in [0.25, 0.3) is 0 Å². The van der Waals surface area contributed by atoms with Crippen molar-refractivity contribution in [3.05, 3.63) is 95.8 Å². The third kappa shape index (κ3) is 5.71. The van der Waals surface area contributed by atoms with Crippen LogP contribution in [-0.4, -0.2) is 31.8 Å². The molecule has 3 aromatic carbocycles. The van der Waals surface area contributed by atoms with E-state index in [1.807, 2.05) is 36.4 Å². The second kappa shape index (κ2) is 11.0. The van der Waals surface area contributed by atoms with Gasteiger partial charge < -0.3 is 9.33 Å². The molecule has 0 radical (unpaired) electrons. The Kier molecular flexibility index (Phi) is 8.14. The molecule has 38 heavy (non-hydrogen) atoms. The van der Waals surface area contributed by atoms with Crippen molar-refractivity contribution < 1.29 is 26.8 Å². The van der Waals surface area contributed by atoms with Crippen LogP contribution in [0.4, 0.5) is 17.6 Å². The Balaban J connectivity index is 1.69. The van der Waals surface area contributed by atoms with Crippen LogP contribution in [0.5, 0.6) is 0 Å². The summed E-state index contributed by atoms with van der Waals surface area (Å²) in [6, 6.07) is 22.1. The second-order valence-corrected chi connectivity index (χ2v) is 15.2. The number of rotatable bonds is 7. The molecule has 1 amide bonds. The highest BCUT2D eigenvalue weighted by Crippen LogP contribution is 2.38. The number of carbonyl (C=O) groups excluding carboxylic acids is 1. The van der Waals surface area contributed by atoms with Gasteiger partial charge in [0.1, 0.15) is 5.82 Å². The van der Waals surface area contributed by atoms with Gasteiger partial charge >= 0.3 is 6.18 Å². The molecule has 3 nitrogen and oxygen atoms in total. The van der Waals surface area contributed by atoms with Crippen molar-refractivity contribution in [1.82, 2.24) is 4.90 Å². The molecule has 4 rings (SSSR count). The van der Waals surface area contributed by atoms with E-state index in [9.17, 15) is 22.4 Å². The third-order valence-electron chi connectivity index (χ3n) is 7.31. The molecule has 0 saturated carbocycles. The van der Waals surface area contributed by atoms with Crippen LogP contribution in [0.15, 0.2) is 78.9 Å². The Bertz CT molecular complexity index is 1200. The molecule has 3 aromatic rings. The van der Waals surface area contributed by atoms with Crippen LogP contribution in [0.3, 0.4) is 0 Å². The molecule has 202 valence electrons. The van der Waals surface area contributed by atoms with Gasteiger partial charge in [-0.2, -0.15) is 13.2 Å². The maximum atomic E-state index is 14.6. The molecule has 1 fully saturated rings. The summed E-state index contributed by atoms with van der Waals surface area (Å²) in [6.07, 6.45) is -3.05. The molecular weight excluding hydrogens is 510 g/mol. The van der Waals surface area contributed by atoms with Crippen molar-refractivity contribution in [3.8, 4) is 0 Å². The molecular formula is C30H33F4NO2Si. The summed E-state index contributed by atoms with van der Waals surface area (Å²) in [5.74, 6) is -0.966. The Morgan fingerprint density at radius 2 is 1.50 bits per heavy atom. The van der Waals surface area contributed by atoms with E-state index < -0.39 is 25.9 Å². The monoisotopic (exact) mass is 543 g/mol. The number of hydrogen-bond acceptors (Lipinski definition) is 2. The van der Waals surface area contributed by atoms with Crippen LogP contribution < -0.4 is 10.4 Å². The Morgan fingerprint density at radius 3 is 2.03 bits per heavy atom. The van der Waals surface area contributed by atoms with Crippen molar-refractivity contribution >= 4 is 24.6 Å². The zero-order valence-corrected chi connectivity index (χ0v) is 22.9. The summed E-state index contributed by atoms with van der Waals surface area (Å²) in [7, 11) is -2.88. The molecule has 1 saturated heterocycles. The number of alkyl halides is 3. The molecule has 1 aliphatic rings. The predicted octanol–water partition coefficient (Wildman–Crippen LogP) is 6.30. The van der Waals surface area contributed by atoms with Gasteiger partial charge in [0.15, 0.2) is 0 Å². The largest absolute Gasteiger partial charge is 0.416 e. The molecule has 0 aliphatic carbocycles. The van der Waals surface area contributed by atoms with Gasteiger partial charge in [-0.25, -0.2) is 4.39 Å². The first-order valence-electron chi connectivity index (χ1n) is 12.8. The van der Waals surface area contributed by atoms with Crippen LogP contribution in [-0.2, 0) is 21.9 Å². The first-order valence-corrected chi connectivity index (χ1v) is 14.7. The second-order valence-electron chi connectivity index (χ2n) is 10.8. The number of halogens is 4. The molecule has 0 N–H and O–H groups in total. The van der Waals surface area contributed by atoms with Gasteiger partial charge in [0.05, 0.1) is 18.2 Å². The lowest BCUT2D eigenvalue weighted by Crippen LogP contribution is -2.67. The Morgan fingerprint density at radius 1 is 0.921 bits per heavy atom. The lowest BCUT2D eigenvalue weighted by molar-refractivity contribution is -0.138. The van der Waals surface area contributed by atoms with Crippen molar-refractivity contribution in [2.45, 2.75) is 63.8 Å². The number of likely N-dealkylation sites (tertiary alicyclic amines) is 1. The van der Waals surface area contributed by atoms with Crippen molar-refractivity contribution in [1.29, 1.82) is 0 Å². The van der Waals surface area contributed by atoms with Gasteiger partial charge in [-0.3, -0.25) is 4.79 Å². The highest BCUT2D eigenvalue weighted by molar-refractivity contribution is 6.99. The first-order chi connectivity index (χ1) is 17.9. The molecule has 1 aliphatic heterocycles. The lowest BCUT2D eigenvalue weighted by atomic mass is 10.0. The normalized spacial score (nSPS) is 17.1. The molecule has 0 bridgehead atoms. The smallest absolute Gasteiger partial charge is 0.405 e. The minimum Gasteiger partial charge on any atom is -0.405 e. The number of carbonyl (C=O) groups is 1. The van der Waals surface area contributed by atoms with Crippen molar-refractivity contribution in [3.63, 3.8) is 0 Å². The van der Waals surface area contributed by atoms with Crippen molar-refractivity contribution in [2.75, 3.05) is 6.61 Å². The van der Waals surface area contributed by atoms with Gasteiger partial charge in [-0.1, -0.05) is 81.4 Å². The van der Waals surface area contributed by atoms with E-state index in [1.54, 1.807) is 0 Å². The summed E-state index contributed by atoms with van der Waals surface area (Å²) in [4.78, 5) is 14.5. The van der Waals surface area contributed by atoms with E-state index in [2.05, 4.69) is 45.0 Å². The average Bonchev–Trinajstić information content (AvgIpc) is 2.87. The number of amides is 1. The number of nitrogens with zero attached hydrogens (tertiary/aromatic N) is 1.